The van der Waals surface area contributed by atoms with Crippen LogP contribution in [0.15, 0.2) is 41.1 Å². The molecule has 0 bridgehead atoms. The van der Waals surface area contributed by atoms with Gasteiger partial charge < -0.3 is 9.40 Å². The number of rotatable bonds is 5. The third-order valence-electron chi connectivity index (χ3n) is 3.98. The normalized spacial score (nSPS) is 14.4. The summed E-state index contributed by atoms with van der Waals surface area (Å²) in [5, 5.41) is 4.79. The maximum absolute atomic E-state index is 6.03. The van der Waals surface area contributed by atoms with E-state index in [0.29, 0.717) is 0 Å². The van der Waals surface area contributed by atoms with E-state index in [-0.39, 0.29) is 12.1 Å². The lowest BCUT2D eigenvalue weighted by Gasteiger charge is -2.19. The van der Waals surface area contributed by atoms with E-state index in [1.807, 2.05) is 24.4 Å². The van der Waals surface area contributed by atoms with Gasteiger partial charge in [-0.25, -0.2) is 4.98 Å². The Hall–Kier alpha value is -2.07. The van der Waals surface area contributed by atoms with Crippen LogP contribution in [0.1, 0.15) is 49.5 Å². The summed E-state index contributed by atoms with van der Waals surface area (Å²) in [5.74, 6) is 1.97. The number of furan rings is 1. The molecule has 3 aromatic rings. The number of fused-ring (bicyclic) bond motifs is 1. The molecular weight excluding hydrogens is 262 g/mol. The SMILES string of the molecule is CCC(NC(C)c1oc2ccccc2c1C)c1ncc[nH]1. The zero-order valence-electron chi connectivity index (χ0n) is 12.7. The zero-order valence-corrected chi connectivity index (χ0v) is 12.7. The lowest BCUT2D eigenvalue weighted by molar-refractivity contribution is 0.388. The molecule has 2 N–H and O–H groups in total. The second-order valence-corrected chi connectivity index (χ2v) is 5.41. The van der Waals surface area contributed by atoms with Crippen LogP contribution in [0, 0.1) is 6.92 Å². The van der Waals surface area contributed by atoms with Crippen LogP contribution in [0.2, 0.25) is 0 Å². The number of nitrogens with zero attached hydrogens (tertiary/aromatic N) is 1. The van der Waals surface area contributed by atoms with Gasteiger partial charge in [-0.15, -0.1) is 0 Å². The molecule has 0 saturated carbocycles. The number of H-pyrrole nitrogens is 1. The van der Waals surface area contributed by atoms with Crippen LogP contribution in [0.4, 0.5) is 0 Å². The molecule has 4 nitrogen and oxygen atoms in total. The predicted molar refractivity (Wildman–Crippen MR) is 84.1 cm³/mol. The van der Waals surface area contributed by atoms with Gasteiger partial charge in [0, 0.05) is 17.8 Å². The number of hydrogen-bond donors (Lipinski definition) is 2. The maximum atomic E-state index is 6.03. The average Bonchev–Trinajstić information content (AvgIpc) is 3.13. The van der Waals surface area contributed by atoms with Crippen LogP contribution in [0.3, 0.4) is 0 Å². The molecule has 21 heavy (non-hydrogen) atoms. The van der Waals surface area contributed by atoms with Gasteiger partial charge in [-0.1, -0.05) is 25.1 Å². The summed E-state index contributed by atoms with van der Waals surface area (Å²) < 4.78 is 6.03. The molecule has 2 unspecified atom stereocenters. The Morgan fingerprint density at radius 1 is 1.33 bits per heavy atom. The van der Waals surface area contributed by atoms with Gasteiger partial charge in [0.2, 0.25) is 0 Å². The van der Waals surface area contributed by atoms with Crippen molar-refractivity contribution >= 4 is 11.0 Å². The van der Waals surface area contributed by atoms with Crippen LogP contribution in [-0.4, -0.2) is 9.97 Å². The van der Waals surface area contributed by atoms with Gasteiger partial charge in [-0.05, 0) is 31.9 Å². The molecule has 0 spiro atoms. The number of benzene rings is 1. The van der Waals surface area contributed by atoms with Gasteiger partial charge in [-0.2, -0.15) is 0 Å². The Kier molecular flexibility index (Phi) is 3.80. The monoisotopic (exact) mass is 283 g/mol. The number of nitrogens with one attached hydrogen (secondary N) is 2. The molecule has 0 saturated heterocycles. The number of aromatic nitrogens is 2. The summed E-state index contributed by atoms with van der Waals surface area (Å²) in [4.78, 5) is 7.53. The molecule has 0 radical (unpaired) electrons. The van der Waals surface area contributed by atoms with E-state index in [1.54, 1.807) is 6.20 Å². The molecule has 2 atom stereocenters. The molecule has 0 aliphatic carbocycles. The molecule has 0 fully saturated rings. The van der Waals surface area contributed by atoms with E-state index in [9.17, 15) is 0 Å². The number of hydrogen-bond acceptors (Lipinski definition) is 3. The van der Waals surface area contributed by atoms with Crippen molar-refractivity contribution < 1.29 is 4.42 Å². The molecule has 2 heterocycles. The Bertz CT molecular complexity index is 715. The summed E-state index contributed by atoms with van der Waals surface area (Å²) in [6.07, 6.45) is 4.62. The summed E-state index contributed by atoms with van der Waals surface area (Å²) in [6, 6.07) is 8.50. The first-order chi connectivity index (χ1) is 10.2. The van der Waals surface area contributed by atoms with E-state index in [1.165, 1.54) is 10.9 Å². The quantitative estimate of drug-likeness (QED) is 0.735. The third-order valence-corrected chi connectivity index (χ3v) is 3.98. The highest BCUT2D eigenvalue weighted by molar-refractivity contribution is 5.82. The summed E-state index contributed by atoms with van der Waals surface area (Å²) >= 11 is 0. The first-order valence-electron chi connectivity index (χ1n) is 7.44. The van der Waals surface area contributed by atoms with E-state index in [4.69, 9.17) is 4.42 Å². The molecule has 4 heteroatoms. The Balaban J connectivity index is 1.86. The van der Waals surface area contributed by atoms with E-state index >= 15 is 0 Å². The van der Waals surface area contributed by atoms with Gasteiger partial charge >= 0.3 is 0 Å². The molecule has 0 aliphatic heterocycles. The molecule has 1 aromatic carbocycles. The molecule has 0 aliphatic rings. The van der Waals surface area contributed by atoms with Crippen LogP contribution in [0.5, 0.6) is 0 Å². The van der Waals surface area contributed by atoms with E-state index in [2.05, 4.69) is 42.1 Å². The summed E-state index contributed by atoms with van der Waals surface area (Å²) in [7, 11) is 0. The third kappa shape index (κ3) is 2.59. The highest BCUT2D eigenvalue weighted by atomic mass is 16.3. The lowest BCUT2D eigenvalue weighted by atomic mass is 10.1. The maximum Gasteiger partial charge on any atom is 0.134 e. The first kappa shape index (κ1) is 13.9. The second kappa shape index (κ2) is 5.74. The smallest absolute Gasteiger partial charge is 0.134 e. The fourth-order valence-corrected chi connectivity index (χ4v) is 2.84. The zero-order chi connectivity index (χ0) is 14.8. The largest absolute Gasteiger partial charge is 0.459 e. The highest BCUT2D eigenvalue weighted by Crippen LogP contribution is 2.30. The summed E-state index contributed by atoms with van der Waals surface area (Å²) in [6.45, 7) is 6.40. The molecule has 110 valence electrons. The molecule has 0 amide bonds. The van der Waals surface area contributed by atoms with Crippen LogP contribution in [-0.2, 0) is 0 Å². The number of aromatic amines is 1. The topological polar surface area (TPSA) is 53.9 Å². The van der Waals surface area contributed by atoms with Gasteiger partial charge in [0.05, 0.1) is 12.1 Å². The fourth-order valence-electron chi connectivity index (χ4n) is 2.84. The minimum Gasteiger partial charge on any atom is -0.459 e. The number of para-hydroxylation sites is 1. The Labute approximate surface area is 124 Å². The minimum absolute atomic E-state index is 0.132. The average molecular weight is 283 g/mol. The predicted octanol–water partition coefficient (Wildman–Crippen LogP) is 4.27. The van der Waals surface area contributed by atoms with E-state index in [0.717, 1.165) is 23.6 Å². The fraction of sp³-hybridized carbons (Fsp3) is 0.353. The van der Waals surface area contributed by atoms with Crippen LogP contribution < -0.4 is 5.32 Å². The molecule has 3 rings (SSSR count). The van der Waals surface area contributed by atoms with Crippen molar-refractivity contribution in [3.05, 3.63) is 53.8 Å². The second-order valence-electron chi connectivity index (χ2n) is 5.41. The van der Waals surface area contributed by atoms with Crippen LogP contribution >= 0.6 is 0 Å². The van der Waals surface area contributed by atoms with Gasteiger partial charge in [0.15, 0.2) is 0 Å². The number of imidazole rings is 1. The summed E-state index contributed by atoms with van der Waals surface area (Å²) in [5.41, 5.74) is 2.16. The standard InChI is InChI=1S/C17H21N3O/c1-4-14(17-18-9-10-19-17)20-12(3)16-11(2)13-7-5-6-8-15(13)21-16/h5-10,12,14,20H,4H2,1-3H3,(H,18,19). The highest BCUT2D eigenvalue weighted by Gasteiger charge is 2.20. The van der Waals surface area contributed by atoms with Crippen molar-refractivity contribution in [3.63, 3.8) is 0 Å². The van der Waals surface area contributed by atoms with Crippen molar-refractivity contribution in [3.8, 4) is 0 Å². The van der Waals surface area contributed by atoms with Crippen molar-refractivity contribution in [2.45, 2.75) is 39.3 Å². The van der Waals surface area contributed by atoms with Gasteiger partial charge in [0.1, 0.15) is 17.2 Å². The van der Waals surface area contributed by atoms with Crippen molar-refractivity contribution in [2.75, 3.05) is 0 Å². The van der Waals surface area contributed by atoms with Gasteiger partial charge in [-0.3, -0.25) is 5.32 Å². The van der Waals surface area contributed by atoms with Crippen molar-refractivity contribution in [1.82, 2.24) is 15.3 Å². The Morgan fingerprint density at radius 3 is 2.81 bits per heavy atom. The van der Waals surface area contributed by atoms with Crippen molar-refractivity contribution in [2.24, 2.45) is 0 Å². The number of aryl methyl sites for hydroxylation is 1. The molecular formula is C17H21N3O. The van der Waals surface area contributed by atoms with Crippen molar-refractivity contribution in [1.29, 1.82) is 0 Å². The minimum atomic E-state index is 0.132. The molecule has 2 aromatic heterocycles. The lowest BCUT2D eigenvalue weighted by Crippen LogP contribution is -2.25. The van der Waals surface area contributed by atoms with Gasteiger partial charge in [0.25, 0.3) is 0 Å². The Morgan fingerprint density at radius 2 is 2.14 bits per heavy atom. The first-order valence-corrected chi connectivity index (χ1v) is 7.44. The van der Waals surface area contributed by atoms with E-state index < -0.39 is 0 Å². The van der Waals surface area contributed by atoms with Crippen LogP contribution in [0.25, 0.3) is 11.0 Å².